The lowest BCUT2D eigenvalue weighted by Crippen LogP contribution is -2.36. The van der Waals surface area contributed by atoms with E-state index in [4.69, 9.17) is 4.74 Å². The van der Waals surface area contributed by atoms with Crippen LogP contribution >= 0.6 is 11.3 Å². The van der Waals surface area contributed by atoms with Crippen molar-refractivity contribution < 1.29 is 9.84 Å². The van der Waals surface area contributed by atoms with Crippen LogP contribution in [0.2, 0.25) is 0 Å². The Hall–Kier alpha value is -2.48. The van der Waals surface area contributed by atoms with Crippen molar-refractivity contribution in [2.24, 2.45) is 4.99 Å². The highest BCUT2D eigenvalue weighted by atomic mass is 32.1. The fourth-order valence-electron chi connectivity index (χ4n) is 2.10. The number of rotatable bonds is 7. The number of aromatic nitrogens is 1. The number of thiazole rings is 1. The molecular weight excluding hydrogens is 338 g/mol. The standard InChI is InChI=1S/C17H25N5O2S/c1-5-18-16(20-10-13-11-25-17(21-13)22(2)3)19-9-12-6-7-15(24-4)14(23)8-12/h6-8,11,23H,5,9-10H2,1-4H3,(H2,18,19,20). The second-order valence-corrected chi connectivity index (χ2v) is 6.41. The molecule has 0 spiro atoms. The normalized spacial score (nSPS) is 11.3. The molecule has 1 aromatic carbocycles. The van der Waals surface area contributed by atoms with Gasteiger partial charge in [-0.25, -0.2) is 9.98 Å². The van der Waals surface area contributed by atoms with Gasteiger partial charge in [0.25, 0.3) is 0 Å². The van der Waals surface area contributed by atoms with Gasteiger partial charge in [-0.2, -0.15) is 0 Å². The van der Waals surface area contributed by atoms with E-state index in [1.807, 2.05) is 37.4 Å². The van der Waals surface area contributed by atoms with Crippen molar-refractivity contribution in [3.05, 3.63) is 34.8 Å². The largest absolute Gasteiger partial charge is 0.504 e. The Bertz CT molecular complexity index is 715. The minimum Gasteiger partial charge on any atom is -0.504 e. The SMILES string of the molecule is CCNC(=NCc1ccc(OC)c(O)c1)NCc1csc(N(C)C)n1. The lowest BCUT2D eigenvalue weighted by molar-refractivity contribution is 0.373. The first-order valence-corrected chi connectivity index (χ1v) is 8.91. The Morgan fingerprint density at radius 3 is 2.76 bits per heavy atom. The highest BCUT2D eigenvalue weighted by Crippen LogP contribution is 2.26. The van der Waals surface area contributed by atoms with Crippen molar-refractivity contribution in [2.45, 2.75) is 20.0 Å². The number of benzene rings is 1. The van der Waals surface area contributed by atoms with Crippen molar-refractivity contribution in [3.8, 4) is 11.5 Å². The summed E-state index contributed by atoms with van der Waals surface area (Å²) in [4.78, 5) is 11.1. The van der Waals surface area contributed by atoms with Crippen LogP contribution in [0.25, 0.3) is 0 Å². The summed E-state index contributed by atoms with van der Waals surface area (Å²) in [6.45, 7) is 3.83. The van der Waals surface area contributed by atoms with Gasteiger partial charge in [0.1, 0.15) is 0 Å². The van der Waals surface area contributed by atoms with Crippen LogP contribution in [0.3, 0.4) is 0 Å². The van der Waals surface area contributed by atoms with Crippen LogP contribution in [0, 0.1) is 0 Å². The zero-order valence-electron chi connectivity index (χ0n) is 15.0. The van der Waals surface area contributed by atoms with E-state index in [1.54, 1.807) is 23.5 Å². The van der Waals surface area contributed by atoms with Crippen LogP contribution < -0.4 is 20.3 Å². The van der Waals surface area contributed by atoms with E-state index in [1.165, 1.54) is 7.11 Å². The van der Waals surface area contributed by atoms with Gasteiger partial charge in [0.15, 0.2) is 22.6 Å². The van der Waals surface area contributed by atoms with Gasteiger partial charge >= 0.3 is 0 Å². The topological polar surface area (TPSA) is 82.0 Å². The molecule has 0 unspecified atom stereocenters. The van der Waals surface area contributed by atoms with E-state index in [0.29, 0.717) is 24.8 Å². The summed E-state index contributed by atoms with van der Waals surface area (Å²) in [5, 5.41) is 19.3. The molecule has 1 aromatic heterocycles. The fourth-order valence-corrected chi connectivity index (χ4v) is 2.86. The molecule has 136 valence electrons. The first kappa shape index (κ1) is 18.9. The molecule has 0 aliphatic carbocycles. The molecule has 0 atom stereocenters. The van der Waals surface area contributed by atoms with E-state index in [2.05, 4.69) is 20.6 Å². The van der Waals surface area contributed by atoms with Crippen LogP contribution in [0.4, 0.5) is 5.13 Å². The molecule has 1 heterocycles. The zero-order valence-corrected chi connectivity index (χ0v) is 15.9. The van der Waals surface area contributed by atoms with E-state index >= 15 is 0 Å². The van der Waals surface area contributed by atoms with Gasteiger partial charge in [-0.3, -0.25) is 0 Å². The molecule has 0 bridgehead atoms. The van der Waals surface area contributed by atoms with E-state index in [-0.39, 0.29) is 5.75 Å². The van der Waals surface area contributed by atoms with Crippen LogP contribution in [-0.4, -0.2) is 43.8 Å². The number of anilines is 1. The fraction of sp³-hybridized carbons (Fsp3) is 0.412. The third-order valence-electron chi connectivity index (χ3n) is 3.37. The maximum absolute atomic E-state index is 9.84. The van der Waals surface area contributed by atoms with E-state index in [0.717, 1.165) is 22.9 Å². The summed E-state index contributed by atoms with van der Waals surface area (Å²) in [6.07, 6.45) is 0. The molecule has 8 heteroatoms. The average Bonchev–Trinajstić information content (AvgIpc) is 3.07. The molecule has 0 saturated heterocycles. The monoisotopic (exact) mass is 363 g/mol. The summed E-state index contributed by atoms with van der Waals surface area (Å²) in [7, 11) is 5.48. The zero-order chi connectivity index (χ0) is 18.2. The second-order valence-electron chi connectivity index (χ2n) is 5.57. The maximum atomic E-state index is 9.84. The van der Waals surface area contributed by atoms with Gasteiger partial charge in [-0.05, 0) is 24.6 Å². The Morgan fingerprint density at radius 2 is 2.16 bits per heavy atom. The number of nitrogens with zero attached hydrogens (tertiary/aromatic N) is 3. The van der Waals surface area contributed by atoms with Crippen LogP contribution in [0.15, 0.2) is 28.6 Å². The number of phenols is 1. The predicted molar refractivity (Wildman–Crippen MR) is 103 cm³/mol. The molecule has 0 radical (unpaired) electrons. The van der Waals surface area contributed by atoms with Crippen molar-refractivity contribution in [1.82, 2.24) is 15.6 Å². The molecule has 2 rings (SSSR count). The molecule has 0 aliphatic rings. The number of aromatic hydroxyl groups is 1. The van der Waals surface area contributed by atoms with Crippen LogP contribution in [-0.2, 0) is 13.1 Å². The Morgan fingerprint density at radius 1 is 1.36 bits per heavy atom. The predicted octanol–water partition coefficient (Wildman–Crippen LogP) is 2.18. The average molecular weight is 363 g/mol. The van der Waals surface area contributed by atoms with E-state index in [9.17, 15) is 5.11 Å². The molecule has 25 heavy (non-hydrogen) atoms. The maximum Gasteiger partial charge on any atom is 0.191 e. The lowest BCUT2D eigenvalue weighted by Gasteiger charge is -2.11. The lowest BCUT2D eigenvalue weighted by atomic mass is 10.2. The number of phenolic OH excluding ortho intramolecular Hbond substituents is 1. The number of hydrogen-bond donors (Lipinski definition) is 3. The van der Waals surface area contributed by atoms with Gasteiger partial charge in [0, 0.05) is 26.0 Å². The Balaban J connectivity index is 1.98. The van der Waals surface area contributed by atoms with Gasteiger partial charge in [0.2, 0.25) is 0 Å². The molecule has 0 amide bonds. The number of nitrogens with one attached hydrogen (secondary N) is 2. The highest BCUT2D eigenvalue weighted by molar-refractivity contribution is 7.13. The number of guanidine groups is 1. The molecule has 7 nitrogen and oxygen atoms in total. The molecule has 2 aromatic rings. The molecule has 0 fully saturated rings. The highest BCUT2D eigenvalue weighted by Gasteiger charge is 2.06. The van der Waals surface area contributed by atoms with Crippen molar-refractivity contribution in [3.63, 3.8) is 0 Å². The third-order valence-corrected chi connectivity index (χ3v) is 4.42. The van der Waals surface area contributed by atoms with Gasteiger partial charge in [0.05, 0.1) is 25.9 Å². The van der Waals surface area contributed by atoms with Gasteiger partial charge in [-0.15, -0.1) is 11.3 Å². The summed E-state index contributed by atoms with van der Waals surface area (Å²) >= 11 is 1.61. The summed E-state index contributed by atoms with van der Waals surface area (Å²) in [6, 6.07) is 5.28. The van der Waals surface area contributed by atoms with Gasteiger partial charge in [-0.1, -0.05) is 6.07 Å². The first-order valence-electron chi connectivity index (χ1n) is 8.03. The molecule has 0 saturated carbocycles. The van der Waals surface area contributed by atoms with Crippen LogP contribution in [0.1, 0.15) is 18.2 Å². The number of ether oxygens (including phenoxy) is 1. The Labute approximate surface area is 152 Å². The minimum absolute atomic E-state index is 0.117. The molecule has 3 N–H and O–H groups in total. The smallest absolute Gasteiger partial charge is 0.191 e. The second kappa shape index (κ2) is 9.12. The minimum atomic E-state index is 0.117. The van der Waals surface area contributed by atoms with Crippen molar-refractivity contribution >= 4 is 22.4 Å². The number of methoxy groups -OCH3 is 1. The summed E-state index contributed by atoms with van der Waals surface area (Å²) in [5.41, 5.74) is 1.88. The molecule has 0 aliphatic heterocycles. The summed E-state index contributed by atoms with van der Waals surface area (Å²) < 4.78 is 5.05. The van der Waals surface area contributed by atoms with E-state index < -0.39 is 0 Å². The third kappa shape index (κ3) is 5.53. The first-order chi connectivity index (χ1) is 12.0. The number of aliphatic imine (C=N–C) groups is 1. The Kier molecular flexibility index (Phi) is 6.88. The van der Waals surface area contributed by atoms with Crippen molar-refractivity contribution in [1.29, 1.82) is 0 Å². The summed E-state index contributed by atoms with van der Waals surface area (Å²) in [5.74, 6) is 1.28. The van der Waals surface area contributed by atoms with Crippen LogP contribution in [0.5, 0.6) is 11.5 Å². The van der Waals surface area contributed by atoms with Gasteiger partial charge < -0.3 is 25.4 Å². The molecular formula is C17H25N5O2S. The quantitative estimate of drug-likeness (QED) is 0.517. The van der Waals surface area contributed by atoms with Crippen molar-refractivity contribution in [2.75, 3.05) is 32.6 Å². The number of hydrogen-bond acceptors (Lipinski definition) is 6.